The topological polar surface area (TPSA) is 80.7 Å². The highest BCUT2D eigenvalue weighted by Gasteiger charge is 2.30. The average molecular weight is 631 g/mol. The molecule has 0 fully saturated rings. The molecule has 6 aromatic rings. The Morgan fingerprint density at radius 2 is 1.60 bits per heavy atom. The van der Waals surface area contributed by atoms with Crippen LogP contribution in [0.15, 0.2) is 101 Å². The predicted molar refractivity (Wildman–Crippen MR) is 163 cm³/mol. The number of nitrogens with zero attached hydrogens (tertiary/aromatic N) is 2. The van der Waals surface area contributed by atoms with Crippen molar-refractivity contribution in [2.24, 2.45) is 0 Å². The van der Waals surface area contributed by atoms with E-state index in [9.17, 15) is 27.1 Å². The van der Waals surface area contributed by atoms with Crippen molar-refractivity contribution in [3.8, 4) is 33.5 Å². The molecule has 6 nitrogen and oxygen atoms in total. The van der Waals surface area contributed by atoms with E-state index in [0.717, 1.165) is 34.3 Å². The van der Waals surface area contributed by atoms with Crippen LogP contribution < -0.4 is 0 Å². The molecule has 4 aromatic carbocycles. The SMILES string of the molecule is [C-]#[N+]c1sccc1-c1c(-c2cccc(-c3ccc(C(=O)O)cc3Cl)c2)n(S(=O)(=O)c2ccc(F)cc2)c2ccc(F)cc12. The molecule has 0 saturated carbocycles. The summed E-state index contributed by atoms with van der Waals surface area (Å²) in [6, 6.07) is 20.9. The first-order valence-electron chi connectivity index (χ1n) is 12.5. The summed E-state index contributed by atoms with van der Waals surface area (Å²) in [5.41, 5.74) is 2.54. The van der Waals surface area contributed by atoms with Crippen molar-refractivity contribution in [2.45, 2.75) is 4.90 Å². The lowest BCUT2D eigenvalue weighted by Crippen LogP contribution is -2.14. The smallest absolute Gasteiger partial charge is 0.335 e. The molecule has 0 spiro atoms. The number of aromatic carboxylic acids is 1. The molecular formula is C32H17ClF2N2O4S2. The molecule has 0 saturated heterocycles. The Morgan fingerprint density at radius 1 is 0.884 bits per heavy atom. The normalized spacial score (nSPS) is 11.5. The van der Waals surface area contributed by atoms with E-state index in [-0.39, 0.29) is 37.1 Å². The van der Waals surface area contributed by atoms with Crippen LogP contribution in [0.25, 0.3) is 49.3 Å². The van der Waals surface area contributed by atoms with Gasteiger partial charge in [-0.2, -0.15) is 11.3 Å². The number of rotatable bonds is 6. The van der Waals surface area contributed by atoms with Crippen molar-refractivity contribution in [1.29, 1.82) is 0 Å². The monoisotopic (exact) mass is 630 g/mol. The second kappa shape index (κ2) is 10.8. The lowest BCUT2D eigenvalue weighted by Gasteiger charge is -2.15. The van der Waals surface area contributed by atoms with Crippen LogP contribution >= 0.6 is 22.9 Å². The summed E-state index contributed by atoms with van der Waals surface area (Å²) in [7, 11) is -4.40. The molecule has 0 aliphatic heterocycles. The quantitative estimate of drug-likeness (QED) is 0.186. The van der Waals surface area contributed by atoms with Crippen molar-refractivity contribution in [1.82, 2.24) is 3.97 Å². The average Bonchev–Trinajstić information content (AvgIpc) is 3.59. The van der Waals surface area contributed by atoms with E-state index < -0.39 is 27.6 Å². The van der Waals surface area contributed by atoms with Crippen LogP contribution in [0.3, 0.4) is 0 Å². The van der Waals surface area contributed by atoms with E-state index in [1.165, 1.54) is 35.6 Å². The van der Waals surface area contributed by atoms with Gasteiger partial charge in [0.2, 0.25) is 5.00 Å². The van der Waals surface area contributed by atoms with Gasteiger partial charge in [0.25, 0.3) is 10.0 Å². The molecule has 0 amide bonds. The van der Waals surface area contributed by atoms with Gasteiger partial charge in [0, 0.05) is 32.7 Å². The molecule has 2 aromatic heterocycles. The molecule has 0 aliphatic rings. The zero-order chi connectivity index (χ0) is 30.5. The largest absolute Gasteiger partial charge is 0.478 e. The number of carboxylic acids is 1. The van der Waals surface area contributed by atoms with Gasteiger partial charge in [-0.25, -0.2) is 30.8 Å². The summed E-state index contributed by atoms with van der Waals surface area (Å²) >= 11 is 7.64. The standard InChI is InChI=1S/C32H17ClF2N2O4S2/c1-36-31-25(13-14-42-31)29-26-17-22(35)8-12-28(26)37(43(40,41)23-9-6-21(34)7-10-23)30(29)19-4-2-3-18(15-19)24-11-5-20(32(38)39)16-27(24)33/h2-17H,(H,38,39). The molecule has 0 bridgehead atoms. The maximum Gasteiger partial charge on any atom is 0.335 e. The zero-order valence-corrected chi connectivity index (χ0v) is 24.1. The van der Waals surface area contributed by atoms with Crippen LogP contribution in [0.1, 0.15) is 10.4 Å². The lowest BCUT2D eigenvalue weighted by molar-refractivity contribution is 0.0697. The van der Waals surface area contributed by atoms with E-state index in [1.807, 2.05) is 0 Å². The molecular weight excluding hydrogens is 614 g/mol. The first-order chi connectivity index (χ1) is 20.6. The number of fused-ring (bicyclic) bond motifs is 1. The molecule has 0 aliphatic carbocycles. The predicted octanol–water partition coefficient (Wildman–Crippen LogP) is 9.12. The van der Waals surface area contributed by atoms with Crippen LogP contribution in [0.4, 0.5) is 13.8 Å². The van der Waals surface area contributed by atoms with Crippen LogP contribution in [0.5, 0.6) is 0 Å². The number of carbonyl (C=O) groups is 1. The van der Waals surface area contributed by atoms with Gasteiger partial charge in [0.15, 0.2) is 0 Å². The fourth-order valence-corrected chi connectivity index (χ4v) is 7.54. The van der Waals surface area contributed by atoms with E-state index in [2.05, 4.69) is 4.85 Å². The Balaban J connectivity index is 1.72. The van der Waals surface area contributed by atoms with E-state index >= 15 is 0 Å². The number of halogens is 3. The van der Waals surface area contributed by atoms with Gasteiger partial charge in [-0.15, -0.1) is 0 Å². The maximum atomic E-state index is 14.8. The second-order valence-electron chi connectivity index (χ2n) is 9.44. The van der Waals surface area contributed by atoms with Gasteiger partial charge in [-0.3, -0.25) is 0 Å². The van der Waals surface area contributed by atoms with Gasteiger partial charge < -0.3 is 5.11 Å². The molecule has 2 heterocycles. The fraction of sp³-hybridized carbons (Fsp3) is 0. The zero-order valence-electron chi connectivity index (χ0n) is 21.8. The fourth-order valence-electron chi connectivity index (χ4n) is 5.03. The van der Waals surface area contributed by atoms with Crippen LogP contribution in [-0.4, -0.2) is 23.5 Å². The number of hydrogen-bond donors (Lipinski definition) is 1. The Labute approximate surface area is 253 Å². The van der Waals surface area contributed by atoms with Gasteiger partial charge in [0.1, 0.15) is 11.6 Å². The summed E-state index contributed by atoms with van der Waals surface area (Å²) in [5, 5.41) is 11.8. The van der Waals surface area contributed by atoms with Gasteiger partial charge in [-0.1, -0.05) is 41.9 Å². The molecule has 43 heavy (non-hydrogen) atoms. The minimum atomic E-state index is -4.40. The Bertz CT molecular complexity index is 2230. The van der Waals surface area contributed by atoms with E-state index in [4.69, 9.17) is 18.2 Å². The third-order valence-electron chi connectivity index (χ3n) is 6.92. The molecule has 0 unspecified atom stereocenters. The van der Waals surface area contributed by atoms with E-state index in [1.54, 1.807) is 41.8 Å². The first kappa shape index (κ1) is 28.3. The van der Waals surface area contributed by atoms with Crippen LogP contribution in [0.2, 0.25) is 5.02 Å². The van der Waals surface area contributed by atoms with Crippen molar-refractivity contribution in [2.75, 3.05) is 0 Å². The molecule has 212 valence electrons. The second-order valence-corrected chi connectivity index (χ2v) is 12.5. The number of thiophene rings is 1. The highest BCUT2D eigenvalue weighted by atomic mass is 35.5. The summed E-state index contributed by atoms with van der Waals surface area (Å²) < 4.78 is 58.2. The third-order valence-corrected chi connectivity index (χ3v) is 9.76. The van der Waals surface area contributed by atoms with Crippen LogP contribution in [0, 0.1) is 18.2 Å². The summed E-state index contributed by atoms with van der Waals surface area (Å²) in [6.45, 7) is 7.72. The van der Waals surface area contributed by atoms with Gasteiger partial charge in [0.05, 0.1) is 28.2 Å². The minimum absolute atomic E-state index is 0.00358. The molecule has 0 atom stereocenters. The van der Waals surface area contributed by atoms with E-state index in [0.29, 0.717) is 27.8 Å². The van der Waals surface area contributed by atoms with Crippen LogP contribution in [-0.2, 0) is 10.0 Å². The lowest BCUT2D eigenvalue weighted by atomic mass is 9.96. The van der Waals surface area contributed by atoms with Crippen molar-refractivity contribution in [3.63, 3.8) is 0 Å². The Kier molecular flexibility index (Phi) is 7.10. The number of carboxylic acid groups (broad SMARTS) is 1. The number of benzene rings is 4. The highest BCUT2D eigenvalue weighted by molar-refractivity contribution is 7.90. The summed E-state index contributed by atoms with van der Waals surface area (Å²) in [6.07, 6.45) is 0. The highest BCUT2D eigenvalue weighted by Crippen LogP contribution is 2.48. The molecule has 6 rings (SSSR count). The van der Waals surface area contributed by atoms with Gasteiger partial charge in [-0.05, 0) is 71.6 Å². The van der Waals surface area contributed by atoms with Crippen molar-refractivity contribution in [3.05, 3.63) is 130 Å². The Morgan fingerprint density at radius 3 is 2.30 bits per heavy atom. The van der Waals surface area contributed by atoms with Crippen molar-refractivity contribution < 1.29 is 27.1 Å². The number of aromatic nitrogens is 1. The molecule has 0 radical (unpaired) electrons. The maximum absolute atomic E-state index is 14.8. The summed E-state index contributed by atoms with van der Waals surface area (Å²) in [4.78, 5) is 14.9. The van der Waals surface area contributed by atoms with Crippen molar-refractivity contribution >= 4 is 54.8 Å². The Hall–Kier alpha value is -4.82. The summed E-state index contributed by atoms with van der Waals surface area (Å²) in [5.74, 6) is -2.35. The number of hydrogen-bond acceptors (Lipinski definition) is 4. The molecule has 11 heteroatoms. The van der Waals surface area contributed by atoms with Gasteiger partial charge >= 0.3 is 5.97 Å². The first-order valence-corrected chi connectivity index (χ1v) is 15.2. The molecule has 1 N–H and O–H groups in total. The minimum Gasteiger partial charge on any atom is -0.478 e. The third kappa shape index (κ3) is 4.87.